The van der Waals surface area contributed by atoms with Crippen LogP contribution in [0.5, 0.6) is 0 Å². The number of amides is 1. The summed E-state index contributed by atoms with van der Waals surface area (Å²) in [6.45, 7) is 4.45. The minimum atomic E-state index is -0.104. The summed E-state index contributed by atoms with van der Waals surface area (Å²) in [7, 11) is 0. The summed E-state index contributed by atoms with van der Waals surface area (Å²) in [5.41, 5.74) is 0.497. The van der Waals surface area contributed by atoms with E-state index in [-0.39, 0.29) is 11.9 Å². The van der Waals surface area contributed by atoms with Gasteiger partial charge in [-0.15, -0.1) is 0 Å². The van der Waals surface area contributed by atoms with Gasteiger partial charge in [0.05, 0.1) is 10.6 Å². The van der Waals surface area contributed by atoms with Crippen molar-refractivity contribution in [1.82, 2.24) is 5.32 Å². The van der Waals surface area contributed by atoms with Gasteiger partial charge in [-0.05, 0) is 36.5 Å². The number of hydrogen-bond donors (Lipinski definition) is 1. The molecule has 2 nitrogen and oxygen atoms in total. The molecular formula is C15H19Cl2NO. The van der Waals surface area contributed by atoms with Gasteiger partial charge < -0.3 is 5.32 Å². The zero-order chi connectivity index (χ0) is 14.0. The number of halogens is 2. The number of carbonyl (C=O) groups is 1. The standard InChI is InChI=1S/C15H19Cl2NO/c1-9-4-3-5-14(10(9)2)18-15(19)12-7-6-11(16)8-13(12)17/h6-10,14H,3-5H2,1-2H3,(H,18,19)/t9-,10+,14+/m0/s1. The molecule has 1 N–H and O–H groups in total. The maximum Gasteiger partial charge on any atom is 0.253 e. The molecule has 0 heterocycles. The van der Waals surface area contributed by atoms with Crippen molar-refractivity contribution in [2.45, 2.75) is 39.2 Å². The lowest BCUT2D eigenvalue weighted by Crippen LogP contribution is -2.43. The molecule has 0 bridgehead atoms. The largest absolute Gasteiger partial charge is 0.349 e. The highest BCUT2D eigenvalue weighted by Gasteiger charge is 2.28. The van der Waals surface area contributed by atoms with E-state index in [1.54, 1.807) is 18.2 Å². The highest BCUT2D eigenvalue weighted by molar-refractivity contribution is 6.36. The molecule has 0 saturated heterocycles. The first kappa shape index (κ1) is 14.7. The monoisotopic (exact) mass is 299 g/mol. The molecule has 1 aromatic rings. The molecule has 0 radical (unpaired) electrons. The van der Waals surface area contributed by atoms with Crippen LogP contribution < -0.4 is 5.32 Å². The lowest BCUT2D eigenvalue weighted by molar-refractivity contribution is 0.0891. The van der Waals surface area contributed by atoms with Crippen molar-refractivity contribution in [3.63, 3.8) is 0 Å². The molecule has 1 fully saturated rings. The van der Waals surface area contributed by atoms with Crippen molar-refractivity contribution in [2.75, 3.05) is 0 Å². The van der Waals surface area contributed by atoms with Gasteiger partial charge in [0.2, 0.25) is 0 Å². The number of hydrogen-bond acceptors (Lipinski definition) is 1. The summed E-state index contributed by atoms with van der Waals surface area (Å²) in [4.78, 5) is 12.3. The minimum Gasteiger partial charge on any atom is -0.349 e. The van der Waals surface area contributed by atoms with Crippen molar-refractivity contribution < 1.29 is 4.79 Å². The van der Waals surface area contributed by atoms with E-state index in [1.807, 2.05) is 0 Å². The van der Waals surface area contributed by atoms with Crippen LogP contribution in [0, 0.1) is 11.8 Å². The van der Waals surface area contributed by atoms with E-state index in [0.717, 1.165) is 6.42 Å². The van der Waals surface area contributed by atoms with Crippen molar-refractivity contribution >= 4 is 29.1 Å². The summed E-state index contributed by atoms with van der Waals surface area (Å²) in [6.07, 6.45) is 3.46. The van der Waals surface area contributed by atoms with Crippen molar-refractivity contribution in [2.24, 2.45) is 11.8 Å². The third-order valence-corrected chi connectivity index (χ3v) is 4.75. The fourth-order valence-electron chi connectivity index (χ4n) is 2.71. The fourth-order valence-corrected chi connectivity index (χ4v) is 3.20. The third kappa shape index (κ3) is 3.43. The van der Waals surface area contributed by atoms with E-state index in [1.165, 1.54) is 12.8 Å². The van der Waals surface area contributed by atoms with Gasteiger partial charge in [-0.3, -0.25) is 4.79 Å². The summed E-state index contributed by atoms with van der Waals surface area (Å²) in [5.74, 6) is 1.05. The van der Waals surface area contributed by atoms with Gasteiger partial charge in [0.15, 0.2) is 0 Å². The van der Waals surface area contributed by atoms with Gasteiger partial charge in [0, 0.05) is 11.1 Å². The molecule has 0 aliphatic heterocycles. The first-order valence-electron chi connectivity index (χ1n) is 6.75. The van der Waals surface area contributed by atoms with Crippen molar-refractivity contribution in [1.29, 1.82) is 0 Å². The quantitative estimate of drug-likeness (QED) is 0.853. The summed E-state index contributed by atoms with van der Waals surface area (Å²) in [6, 6.07) is 5.21. The Morgan fingerprint density at radius 1 is 1.26 bits per heavy atom. The maximum absolute atomic E-state index is 12.3. The Hall–Kier alpha value is -0.730. The number of carbonyl (C=O) groups excluding carboxylic acids is 1. The predicted molar refractivity (Wildman–Crippen MR) is 79.9 cm³/mol. The van der Waals surface area contributed by atoms with Crippen LogP contribution in [0.3, 0.4) is 0 Å². The molecule has 104 valence electrons. The zero-order valence-electron chi connectivity index (χ0n) is 11.2. The van der Waals surface area contributed by atoms with Gasteiger partial charge in [-0.2, -0.15) is 0 Å². The summed E-state index contributed by atoms with van der Waals surface area (Å²) < 4.78 is 0. The van der Waals surface area contributed by atoms with E-state index in [2.05, 4.69) is 19.2 Å². The van der Waals surface area contributed by atoms with E-state index >= 15 is 0 Å². The van der Waals surface area contributed by atoms with E-state index < -0.39 is 0 Å². The summed E-state index contributed by atoms with van der Waals surface area (Å²) >= 11 is 11.9. The Balaban J connectivity index is 2.08. The van der Waals surface area contributed by atoms with Gasteiger partial charge >= 0.3 is 0 Å². The molecule has 19 heavy (non-hydrogen) atoms. The predicted octanol–water partition coefficient (Wildman–Crippen LogP) is 4.55. The first-order chi connectivity index (χ1) is 8.99. The normalized spacial score (nSPS) is 27.1. The van der Waals surface area contributed by atoms with Crippen LogP contribution in [0.4, 0.5) is 0 Å². The van der Waals surface area contributed by atoms with Crippen molar-refractivity contribution in [3.8, 4) is 0 Å². The highest BCUT2D eigenvalue weighted by atomic mass is 35.5. The minimum absolute atomic E-state index is 0.104. The molecule has 0 spiro atoms. The fraction of sp³-hybridized carbons (Fsp3) is 0.533. The van der Waals surface area contributed by atoms with E-state index in [9.17, 15) is 4.79 Å². The molecule has 1 aliphatic rings. The molecule has 2 rings (SSSR count). The average molecular weight is 300 g/mol. The summed E-state index contributed by atoms with van der Waals surface area (Å²) in [5, 5.41) is 4.06. The van der Waals surface area contributed by atoms with Gasteiger partial charge in [0.25, 0.3) is 5.91 Å². The molecule has 1 aliphatic carbocycles. The molecule has 3 atom stereocenters. The molecule has 4 heteroatoms. The van der Waals surface area contributed by atoms with Crippen LogP contribution >= 0.6 is 23.2 Å². The second kappa shape index (κ2) is 6.15. The second-order valence-corrected chi connectivity index (χ2v) is 6.32. The van der Waals surface area contributed by atoms with E-state index in [4.69, 9.17) is 23.2 Å². The van der Waals surface area contributed by atoms with Gasteiger partial charge in [-0.25, -0.2) is 0 Å². The molecule has 1 amide bonds. The van der Waals surface area contributed by atoms with Crippen LogP contribution in [0.25, 0.3) is 0 Å². The second-order valence-electron chi connectivity index (χ2n) is 5.47. The number of nitrogens with one attached hydrogen (secondary N) is 1. The topological polar surface area (TPSA) is 29.1 Å². The lowest BCUT2D eigenvalue weighted by atomic mass is 9.78. The zero-order valence-corrected chi connectivity index (χ0v) is 12.8. The van der Waals surface area contributed by atoms with E-state index in [0.29, 0.717) is 27.4 Å². The maximum atomic E-state index is 12.3. The van der Waals surface area contributed by atoms with Crippen LogP contribution in [0.1, 0.15) is 43.5 Å². The van der Waals surface area contributed by atoms with Gasteiger partial charge in [0.1, 0.15) is 0 Å². The van der Waals surface area contributed by atoms with Crippen LogP contribution in [0.15, 0.2) is 18.2 Å². The number of benzene rings is 1. The Morgan fingerprint density at radius 3 is 2.68 bits per heavy atom. The van der Waals surface area contributed by atoms with Gasteiger partial charge in [-0.1, -0.05) is 49.9 Å². The number of rotatable bonds is 2. The smallest absolute Gasteiger partial charge is 0.253 e. The van der Waals surface area contributed by atoms with Crippen molar-refractivity contribution in [3.05, 3.63) is 33.8 Å². The molecular weight excluding hydrogens is 281 g/mol. The molecule has 1 saturated carbocycles. The SMILES string of the molecule is C[C@@H]1[C@@H](C)CCC[C@H]1NC(=O)c1ccc(Cl)cc1Cl. The Bertz CT molecular complexity index is 475. The molecule has 1 aromatic carbocycles. The lowest BCUT2D eigenvalue weighted by Gasteiger charge is -2.34. The third-order valence-electron chi connectivity index (χ3n) is 4.20. The molecule has 0 aromatic heterocycles. The van der Waals surface area contributed by atoms with Crippen LogP contribution in [0.2, 0.25) is 10.0 Å². The molecule has 0 unspecified atom stereocenters. The Morgan fingerprint density at radius 2 is 2.00 bits per heavy atom. The first-order valence-corrected chi connectivity index (χ1v) is 7.50. The average Bonchev–Trinajstić information content (AvgIpc) is 2.34. The Kier molecular flexibility index (Phi) is 4.75. The van der Waals surface area contributed by atoms with Crippen LogP contribution in [-0.2, 0) is 0 Å². The Labute approximate surface area is 124 Å². The van der Waals surface area contributed by atoms with Crippen LogP contribution in [-0.4, -0.2) is 11.9 Å². The highest BCUT2D eigenvalue weighted by Crippen LogP contribution is 2.30.